The number of benzene rings is 2. The van der Waals surface area contributed by atoms with Crippen molar-refractivity contribution in [1.82, 2.24) is 0 Å². The maximum atomic E-state index is 9.60. The molecule has 0 amide bonds. The van der Waals surface area contributed by atoms with Gasteiger partial charge < -0.3 is 4.74 Å². The van der Waals surface area contributed by atoms with Crippen LogP contribution in [0.1, 0.15) is 49.8 Å². The number of unbranched alkanes of at least 4 members (excludes halogenated alkanes) is 2. The van der Waals surface area contributed by atoms with Crippen molar-refractivity contribution in [2.45, 2.75) is 39.5 Å². The molecule has 0 fully saturated rings. The van der Waals surface area contributed by atoms with Crippen molar-refractivity contribution in [3.8, 4) is 29.0 Å². The van der Waals surface area contributed by atoms with Crippen LogP contribution in [0.5, 0.6) is 5.75 Å². The molecule has 0 unspecified atom stereocenters. The Labute approximate surface area is 144 Å². The summed E-state index contributed by atoms with van der Waals surface area (Å²) in [5.41, 5.74) is 3.68. The molecule has 0 aliphatic carbocycles. The molecular weight excluding hydrogens is 296 g/mol. The molecule has 0 aromatic heterocycles. The zero-order chi connectivity index (χ0) is 17.4. The molecule has 0 saturated heterocycles. The lowest BCUT2D eigenvalue weighted by molar-refractivity contribution is 0.340. The normalized spacial score (nSPS) is 10.0. The Morgan fingerprint density at radius 2 is 1.58 bits per heavy atom. The lowest BCUT2D eigenvalue weighted by Gasteiger charge is -2.11. The van der Waals surface area contributed by atoms with Crippen LogP contribution in [-0.4, -0.2) is 6.61 Å². The highest BCUT2D eigenvalue weighted by Crippen LogP contribution is 2.30. The molecule has 0 bridgehead atoms. The summed E-state index contributed by atoms with van der Waals surface area (Å²) < 4.78 is 5.45. The smallest absolute Gasteiger partial charge is 0.119 e. The fourth-order valence-corrected chi connectivity index (χ4v) is 2.80. The van der Waals surface area contributed by atoms with Crippen LogP contribution in [0.4, 0.5) is 0 Å². The SMILES string of the molecule is CCCCCc1ccc(-c2ccc(OCC)cc2)c(C#N)c1C#N. The molecular formula is C21H22N2O. The second kappa shape index (κ2) is 8.75. The van der Waals surface area contributed by atoms with Gasteiger partial charge in [-0.25, -0.2) is 0 Å². The van der Waals surface area contributed by atoms with E-state index in [0.717, 1.165) is 48.1 Å². The van der Waals surface area contributed by atoms with E-state index in [0.29, 0.717) is 17.7 Å². The van der Waals surface area contributed by atoms with Gasteiger partial charge >= 0.3 is 0 Å². The van der Waals surface area contributed by atoms with Crippen molar-refractivity contribution >= 4 is 0 Å². The summed E-state index contributed by atoms with van der Waals surface area (Å²) in [7, 11) is 0. The van der Waals surface area contributed by atoms with E-state index in [1.165, 1.54) is 0 Å². The Bertz CT molecular complexity index is 764. The van der Waals surface area contributed by atoms with E-state index in [4.69, 9.17) is 4.74 Å². The van der Waals surface area contributed by atoms with E-state index in [-0.39, 0.29) is 0 Å². The Morgan fingerprint density at radius 1 is 0.875 bits per heavy atom. The zero-order valence-corrected chi connectivity index (χ0v) is 14.3. The second-order valence-corrected chi connectivity index (χ2v) is 5.66. The van der Waals surface area contributed by atoms with Crippen molar-refractivity contribution < 1.29 is 4.74 Å². The first-order valence-corrected chi connectivity index (χ1v) is 8.44. The number of nitriles is 2. The summed E-state index contributed by atoms with van der Waals surface area (Å²) >= 11 is 0. The summed E-state index contributed by atoms with van der Waals surface area (Å²) in [6.45, 7) is 4.72. The molecule has 0 heterocycles. The third kappa shape index (κ3) is 3.94. The monoisotopic (exact) mass is 318 g/mol. The van der Waals surface area contributed by atoms with Crippen LogP contribution in [0.15, 0.2) is 36.4 Å². The van der Waals surface area contributed by atoms with Gasteiger partial charge in [0.15, 0.2) is 0 Å². The first kappa shape index (κ1) is 17.6. The molecule has 2 aromatic carbocycles. The third-order valence-corrected chi connectivity index (χ3v) is 4.04. The van der Waals surface area contributed by atoms with Gasteiger partial charge in [0, 0.05) is 5.56 Å². The molecule has 2 rings (SSSR count). The number of rotatable bonds is 7. The predicted octanol–water partition coefficient (Wildman–Crippen LogP) is 5.23. The van der Waals surface area contributed by atoms with E-state index in [2.05, 4.69) is 19.1 Å². The minimum absolute atomic E-state index is 0.468. The highest BCUT2D eigenvalue weighted by Gasteiger charge is 2.14. The maximum absolute atomic E-state index is 9.60. The Balaban J connectivity index is 2.40. The van der Waals surface area contributed by atoms with Crippen LogP contribution in [0, 0.1) is 22.7 Å². The molecule has 122 valence electrons. The van der Waals surface area contributed by atoms with Gasteiger partial charge in [-0.15, -0.1) is 0 Å². The molecule has 0 saturated carbocycles. The van der Waals surface area contributed by atoms with E-state index >= 15 is 0 Å². The first-order valence-electron chi connectivity index (χ1n) is 8.44. The van der Waals surface area contributed by atoms with Crippen molar-refractivity contribution in [2.24, 2.45) is 0 Å². The highest BCUT2D eigenvalue weighted by molar-refractivity contribution is 5.75. The standard InChI is InChI=1S/C21H22N2O/c1-3-5-6-7-16-10-13-19(21(15-23)20(16)14-22)17-8-11-18(12-9-17)24-4-2/h8-13H,3-7H2,1-2H3. The Morgan fingerprint density at radius 3 is 2.17 bits per heavy atom. The van der Waals surface area contributed by atoms with Crippen molar-refractivity contribution in [3.05, 3.63) is 53.1 Å². The van der Waals surface area contributed by atoms with Crippen molar-refractivity contribution in [1.29, 1.82) is 10.5 Å². The maximum Gasteiger partial charge on any atom is 0.119 e. The van der Waals surface area contributed by atoms with E-state index < -0.39 is 0 Å². The fraction of sp³-hybridized carbons (Fsp3) is 0.333. The van der Waals surface area contributed by atoms with Crippen molar-refractivity contribution in [3.63, 3.8) is 0 Å². The number of hydrogen-bond acceptors (Lipinski definition) is 3. The molecule has 0 aliphatic rings. The topological polar surface area (TPSA) is 56.8 Å². The lowest BCUT2D eigenvalue weighted by atomic mass is 9.91. The summed E-state index contributed by atoms with van der Waals surface area (Å²) in [6.07, 6.45) is 4.15. The van der Waals surface area contributed by atoms with Crippen LogP contribution < -0.4 is 4.74 Å². The molecule has 0 N–H and O–H groups in total. The van der Waals surface area contributed by atoms with Crippen LogP contribution in [-0.2, 0) is 6.42 Å². The van der Waals surface area contributed by atoms with Crippen molar-refractivity contribution in [2.75, 3.05) is 6.61 Å². The van der Waals surface area contributed by atoms with Gasteiger partial charge in [0.1, 0.15) is 17.9 Å². The number of aryl methyl sites for hydroxylation is 1. The molecule has 2 aromatic rings. The van der Waals surface area contributed by atoms with Crippen LogP contribution >= 0.6 is 0 Å². The molecule has 0 radical (unpaired) electrons. The minimum atomic E-state index is 0.468. The average molecular weight is 318 g/mol. The largest absolute Gasteiger partial charge is 0.494 e. The predicted molar refractivity (Wildman–Crippen MR) is 95.7 cm³/mol. The second-order valence-electron chi connectivity index (χ2n) is 5.66. The summed E-state index contributed by atoms with van der Waals surface area (Å²) in [4.78, 5) is 0. The molecule has 0 spiro atoms. The Kier molecular flexibility index (Phi) is 6.41. The van der Waals surface area contributed by atoms with Gasteiger partial charge in [0.25, 0.3) is 0 Å². The minimum Gasteiger partial charge on any atom is -0.494 e. The van der Waals surface area contributed by atoms with Gasteiger partial charge in [-0.3, -0.25) is 0 Å². The van der Waals surface area contributed by atoms with Gasteiger partial charge in [0.05, 0.1) is 17.7 Å². The van der Waals surface area contributed by atoms with E-state index in [1.807, 2.05) is 43.3 Å². The molecule has 3 heteroatoms. The van der Waals surface area contributed by atoms with Gasteiger partial charge in [-0.05, 0) is 43.0 Å². The summed E-state index contributed by atoms with van der Waals surface area (Å²) in [5.74, 6) is 0.802. The van der Waals surface area contributed by atoms with Crippen LogP contribution in [0.25, 0.3) is 11.1 Å². The lowest BCUT2D eigenvalue weighted by Crippen LogP contribution is -1.98. The van der Waals surface area contributed by atoms with Crippen LogP contribution in [0.2, 0.25) is 0 Å². The molecule has 0 atom stereocenters. The fourth-order valence-electron chi connectivity index (χ4n) is 2.80. The van der Waals surface area contributed by atoms with Crippen LogP contribution in [0.3, 0.4) is 0 Å². The highest BCUT2D eigenvalue weighted by atomic mass is 16.5. The number of ether oxygens (including phenoxy) is 1. The number of nitrogens with zero attached hydrogens (tertiary/aromatic N) is 2. The first-order chi connectivity index (χ1) is 11.7. The molecule has 0 aliphatic heterocycles. The Hall–Kier alpha value is -2.78. The van der Waals surface area contributed by atoms with Gasteiger partial charge in [-0.1, -0.05) is 44.0 Å². The summed E-state index contributed by atoms with van der Waals surface area (Å²) in [6, 6.07) is 16.0. The molecule has 24 heavy (non-hydrogen) atoms. The third-order valence-electron chi connectivity index (χ3n) is 4.04. The summed E-state index contributed by atoms with van der Waals surface area (Å²) in [5, 5.41) is 19.2. The van der Waals surface area contributed by atoms with E-state index in [1.54, 1.807) is 0 Å². The zero-order valence-electron chi connectivity index (χ0n) is 14.3. The number of hydrogen-bond donors (Lipinski definition) is 0. The quantitative estimate of drug-likeness (QED) is 0.657. The van der Waals surface area contributed by atoms with Gasteiger partial charge in [0.2, 0.25) is 0 Å². The van der Waals surface area contributed by atoms with E-state index in [9.17, 15) is 10.5 Å². The van der Waals surface area contributed by atoms with Gasteiger partial charge in [-0.2, -0.15) is 10.5 Å². The average Bonchev–Trinajstić information content (AvgIpc) is 2.62. The molecule has 3 nitrogen and oxygen atoms in total.